The summed E-state index contributed by atoms with van der Waals surface area (Å²) < 4.78 is 5.38. The molecule has 1 saturated heterocycles. The molecule has 0 spiro atoms. The van der Waals surface area contributed by atoms with Crippen LogP contribution in [-0.2, 0) is 4.79 Å². The molecule has 4 rings (SSSR count). The lowest BCUT2D eigenvalue weighted by molar-refractivity contribution is -0.120. The van der Waals surface area contributed by atoms with Crippen LogP contribution in [0.5, 0.6) is 5.75 Å². The SMILES string of the molecule is COc1ccc(C)cc1NC(=O)C1CCN(c2nccnc2Sc2ccccc2)CC1. The summed E-state index contributed by atoms with van der Waals surface area (Å²) in [7, 11) is 1.62. The number of aromatic nitrogens is 2. The van der Waals surface area contributed by atoms with Crippen molar-refractivity contribution in [3.8, 4) is 5.75 Å². The average Bonchev–Trinajstić information content (AvgIpc) is 2.80. The summed E-state index contributed by atoms with van der Waals surface area (Å²) in [6, 6.07) is 16.0. The Bertz CT molecular complexity index is 1040. The number of ether oxygens (including phenoxy) is 1. The van der Waals surface area contributed by atoms with Gasteiger partial charge in [-0.05, 0) is 49.6 Å². The van der Waals surface area contributed by atoms with Crippen LogP contribution >= 0.6 is 11.8 Å². The number of hydrogen-bond donors (Lipinski definition) is 1. The highest BCUT2D eigenvalue weighted by atomic mass is 32.2. The largest absolute Gasteiger partial charge is 0.495 e. The molecule has 1 fully saturated rings. The second-order valence-electron chi connectivity index (χ2n) is 7.55. The zero-order chi connectivity index (χ0) is 21.6. The van der Waals surface area contributed by atoms with E-state index >= 15 is 0 Å². The molecule has 6 nitrogen and oxygen atoms in total. The number of nitrogens with one attached hydrogen (secondary N) is 1. The molecule has 0 saturated carbocycles. The van der Waals surface area contributed by atoms with Crippen molar-refractivity contribution in [1.29, 1.82) is 0 Å². The van der Waals surface area contributed by atoms with Crippen molar-refractivity contribution >= 4 is 29.2 Å². The fourth-order valence-corrected chi connectivity index (χ4v) is 4.62. The van der Waals surface area contributed by atoms with E-state index < -0.39 is 0 Å². The number of hydrogen-bond acceptors (Lipinski definition) is 6. The van der Waals surface area contributed by atoms with Gasteiger partial charge in [0.1, 0.15) is 10.8 Å². The highest BCUT2D eigenvalue weighted by Gasteiger charge is 2.27. The maximum atomic E-state index is 12.9. The number of carbonyl (C=O) groups excluding carboxylic acids is 1. The summed E-state index contributed by atoms with van der Waals surface area (Å²) in [6.45, 7) is 3.54. The zero-order valence-corrected chi connectivity index (χ0v) is 18.6. The van der Waals surface area contributed by atoms with Crippen LogP contribution in [0.15, 0.2) is 70.8 Å². The number of benzene rings is 2. The molecule has 2 aromatic carbocycles. The molecule has 0 atom stereocenters. The maximum absolute atomic E-state index is 12.9. The first-order valence-corrected chi connectivity index (χ1v) is 11.2. The number of piperidine rings is 1. The molecule has 0 bridgehead atoms. The molecule has 2 heterocycles. The molecule has 0 radical (unpaired) electrons. The molecular weight excluding hydrogens is 408 g/mol. The van der Waals surface area contributed by atoms with Crippen LogP contribution in [0.3, 0.4) is 0 Å². The van der Waals surface area contributed by atoms with Crippen molar-refractivity contribution in [2.75, 3.05) is 30.4 Å². The van der Waals surface area contributed by atoms with Gasteiger partial charge in [0.2, 0.25) is 5.91 Å². The predicted molar refractivity (Wildman–Crippen MR) is 124 cm³/mol. The predicted octanol–water partition coefficient (Wildman–Crippen LogP) is 4.80. The Kier molecular flexibility index (Phi) is 6.72. The molecular formula is C24H26N4O2S. The van der Waals surface area contributed by atoms with Gasteiger partial charge in [0.15, 0.2) is 5.82 Å². The molecule has 1 amide bonds. The van der Waals surface area contributed by atoms with Crippen LogP contribution in [0.1, 0.15) is 18.4 Å². The Morgan fingerprint density at radius 1 is 1.10 bits per heavy atom. The Morgan fingerprint density at radius 3 is 2.58 bits per heavy atom. The molecule has 0 unspecified atom stereocenters. The third kappa shape index (κ3) is 5.17. The van der Waals surface area contributed by atoms with Crippen LogP contribution in [0.2, 0.25) is 0 Å². The number of carbonyl (C=O) groups is 1. The van der Waals surface area contributed by atoms with E-state index in [-0.39, 0.29) is 11.8 Å². The fourth-order valence-electron chi connectivity index (χ4n) is 3.71. The van der Waals surface area contributed by atoms with Gasteiger partial charge < -0.3 is 15.0 Å². The molecule has 1 aliphatic rings. The number of methoxy groups -OCH3 is 1. The summed E-state index contributed by atoms with van der Waals surface area (Å²) in [5, 5.41) is 3.95. The smallest absolute Gasteiger partial charge is 0.227 e. The van der Waals surface area contributed by atoms with Gasteiger partial charge in [0, 0.05) is 36.3 Å². The van der Waals surface area contributed by atoms with Crippen LogP contribution in [-0.4, -0.2) is 36.1 Å². The van der Waals surface area contributed by atoms with Gasteiger partial charge in [-0.3, -0.25) is 4.79 Å². The fraction of sp³-hybridized carbons (Fsp3) is 0.292. The van der Waals surface area contributed by atoms with E-state index in [2.05, 4.69) is 32.3 Å². The van der Waals surface area contributed by atoms with E-state index in [4.69, 9.17) is 4.74 Å². The van der Waals surface area contributed by atoms with E-state index in [0.29, 0.717) is 5.75 Å². The van der Waals surface area contributed by atoms with Gasteiger partial charge in [0.25, 0.3) is 0 Å². The number of nitrogens with zero attached hydrogens (tertiary/aromatic N) is 3. The zero-order valence-electron chi connectivity index (χ0n) is 17.7. The average molecular weight is 435 g/mol. The quantitative estimate of drug-likeness (QED) is 0.601. The Morgan fingerprint density at radius 2 is 1.84 bits per heavy atom. The topological polar surface area (TPSA) is 67.3 Å². The van der Waals surface area contributed by atoms with Gasteiger partial charge in [-0.1, -0.05) is 36.0 Å². The Labute approximate surface area is 187 Å². The molecule has 0 aliphatic carbocycles. The van der Waals surface area contributed by atoms with Crippen molar-refractivity contribution in [2.45, 2.75) is 29.7 Å². The number of rotatable bonds is 6. The Balaban J connectivity index is 1.40. The van der Waals surface area contributed by atoms with Gasteiger partial charge in [0.05, 0.1) is 12.8 Å². The monoisotopic (exact) mass is 434 g/mol. The lowest BCUT2D eigenvalue weighted by Gasteiger charge is -2.32. The first kappa shape index (κ1) is 21.2. The summed E-state index contributed by atoms with van der Waals surface area (Å²) in [5.74, 6) is 1.57. The van der Waals surface area contributed by atoms with E-state index in [1.165, 1.54) is 0 Å². The molecule has 31 heavy (non-hydrogen) atoms. The second-order valence-corrected chi connectivity index (χ2v) is 8.62. The third-order valence-corrected chi connectivity index (χ3v) is 6.37. The van der Waals surface area contributed by atoms with Crippen molar-refractivity contribution < 1.29 is 9.53 Å². The minimum Gasteiger partial charge on any atom is -0.495 e. The molecule has 160 valence electrons. The molecule has 3 aromatic rings. The highest BCUT2D eigenvalue weighted by Crippen LogP contribution is 2.34. The molecule has 1 aliphatic heterocycles. The lowest BCUT2D eigenvalue weighted by atomic mass is 9.95. The minimum absolute atomic E-state index is 0.0385. The standard InChI is InChI=1S/C24H26N4O2S/c1-17-8-9-21(30-2)20(16-17)27-23(29)18-10-14-28(15-11-18)22-24(26-13-12-25-22)31-19-6-4-3-5-7-19/h3-9,12-13,16,18H,10-11,14-15H2,1-2H3,(H,27,29). The molecule has 7 heteroatoms. The van der Waals surface area contributed by atoms with Gasteiger partial charge in [-0.25, -0.2) is 9.97 Å². The highest BCUT2D eigenvalue weighted by molar-refractivity contribution is 7.99. The van der Waals surface area contributed by atoms with Crippen LogP contribution < -0.4 is 15.0 Å². The summed E-state index contributed by atoms with van der Waals surface area (Å²) >= 11 is 1.61. The van der Waals surface area contributed by atoms with Crippen molar-refractivity contribution in [3.05, 3.63) is 66.5 Å². The van der Waals surface area contributed by atoms with Crippen LogP contribution in [0, 0.1) is 12.8 Å². The van der Waals surface area contributed by atoms with Gasteiger partial charge >= 0.3 is 0 Å². The lowest BCUT2D eigenvalue weighted by Crippen LogP contribution is -2.39. The number of anilines is 2. The third-order valence-electron chi connectivity index (χ3n) is 5.38. The summed E-state index contributed by atoms with van der Waals surface area (Å²) in [6.07, 6.45) is 5.00. The Hall–Kier alpha value is -3.06. The first-order chi connectivity index (χ1) is 15.1. The van der Waals surface area contributed by atoms with E-state index in [1.807, 2.05) is 43.3 Å². The summed E-state index contributed by atoms with van der Waals surface area (Å²) in [5.41, 5.74) is 1.81. The normalized spacial score (nSPS) is 14.3. The number of amides is 1. The second kappa shape index (κ2) is 9.83. The minimum atomic E-state index is -0.0385. The van der Waals surface area contributed by atoms with Crippen molar-refractivity contribution in [1.82, 2.24) is 9.97 Å². The van der Waals surface area contributed by atoms with Crippen LogP contribution in [0.25, 0.3) is 0 Å². The van der Waals surface area contributed by atoms with E-state index in [0.717, 1.165) is 52.9 Å². The van der Waals surface area contributed by atoms with Gasteiger partial charge in [-0.2, -0.15) is 0 Å². The van der Waals surface area contributed by atoms with Crippen molar-refractivity contribution in [3.63, 3.8) is 0 Å². The first-order valence-electron chi connectivity index (χ1n) is 10.4. The molecule has 1 aromatic heterocycles. The summed E-state index contributed by atoms with van der Waals surface area (Å²) in [4.78, 5) is 25.4. The van der Waals surface area contributed by atoms with E-state index in [1.54, 1.807) is 31.3 Å². The molecule has 1 N–H and O–H groups in total. The van der Waals surface area contributed by atoms with Crippen molar-refractivity contribution in [2.24, 2.45) is 5.92 Å². The van der Waals surface area contributed by atoms with Crippen LogP contribution in [0.4, 0.5) is 11.5 Å². The van der Waals surface area contributed by atoms with E-state index in [9.17, 15) is 4.79 Å². The van der Waals surface area contributed by atoms with Gasteiger partial charge in [-0.15, -0.1) is 0 Å². The number of aryl methyl sites for hydroxylation is 1. The maximum Gasteiger partial charge on any atom is 0.227 e.